The number of anilines is 1. The maximum atomic E-state index is 14.2. The van der Waals surface area contributed by atoms with Gasteiger partial charge in [0.25, 0.3) is 5.56 Å². The Morgan fingerprint density at radius 1 is 1.21 bits per heavy atom. The quantitative estimate of drug-likeness (QED) is 0.611. The molecule has 3 heterocycles. The van der Waals surface area contributed by atoms with E-state index in [4.69, 9.17) is 0 Å². The lowest BCUT2D eigenvalue weighted by Crippen LogP contribution is -2.38. The third kappa shape index (κ3) is 3.71. The van der Waals surface area contributed by atoms with Crippen molar-refractivity contribution in [2.45, 2.75) is 18.8 Å². The van der Waals surface area contributed by atoms with Crippen molar-refractivity contribution in [2.24, 2.45) is 7.05 Å². The minimum Gasteiger partial charge on any atom is -0.342 e. The minimum absolute atomic E-state index is 0.207. The van der Waals surface area contributed by atoms with Gasteiger partial charge in [-0.15, -0.1) is 0 Å². The van der Waals surface area contributed by atoms with Gasteiger partial charge in [0.15, 0.2) is 5.82 Å². The van der Waals surface area contributed by atoms with E-state index in [-0.39, 0.29) is 11.1 Å². The third-order valence-electron chi connectivity index (χ3n) is 5.21. The molecule has 4 rings (SSSR count). The van der Waals surface area contributed by atoms with Gasteiger partial charge < -0.3 is 4.90 Å². The molecule has 1 aliphatic rings. The Hall–Kier alpha value is -2.54. The maximum Gasteiger partial charge on any atom is 0.255 e. The highest BCUT2D eigenvalue weighted by atomic mass is 79.9. The number of benzene rings is 1. The summed E-state index contributed by atoms with van der Waals surface area (Å²) in [6, 6.07) is 11.3. The van der Waals surface area contributed by atoms with Crippen molar-refractivity contribution in [3.05, 3.63) is 75.0 Å². The largest absolute Gasteiger partial charge is 0.342 e. The molecule has 0 saturated carbocycles. The van der Waals surface area contributed by atoms with E-state index in [1.54, 1.807) is 13.1 Å². The second kappa shape index (κ2) is 7.83. The Labute approximate surface area is 171 Å². The van der Waals surface area contributed by atoms with E-state index >= 15 is 0 Å². The summed E-state index contributed by atoms with van der Waals surface area (Å²) in [6.45, 7) is 1.58. The summed E-state index contributed by atoms with van der Waals surface area (Å²) >= 11 is 3.48. The first-order valence-electron chi connectivity index (χ1n) is 9.21. The first-order chi connectivity index (χ1) is 13.5. The van der Waals surface area contributed by atoms with Gasteiger partial charge in [-0.05, 0) is 36.6 Å². The standard InChI is InChI=1S/C21H20BrFN4O/c1-26-20(28)11-19(17-8-9-24-12-18(17)23)25-21(26)27-10-2-3-15(13-27)14-4-6-16(22)7-5-14/h4-9,11-12,15H,2-3,10,13H2,1H3. The minimum atomic E-state index is -0.486. The Morgan fingerprint density at radius 3 is 2.75 bits per heavy atom. The van der Waals surface area contributed by atoms with E-state index < -0.39 is 5.82 Å². The lowest BCUT2D eigenvalue weighted by molar-refractivity contribution is 0.497. The number of hydrogen-bond donors (Lipinski definition) is 0. The molecule has 3 aromatic rings. The average Bonchev–Trinajstić information content (AvgIpc) is 2.71. The molecular formula is C21H20BrFN4O. The number of aromatic nitrogens is 3. The highest BCUT2D eigenvalue weighted by Gasteiger charge is 2.24. The molecule has 5 nitrogen and oxygen atoms in total. The van der Waals surface area contributed by atoms with Gasteiger partial charge in [-0.2, -0.15) is 0 Å². The van der Waals surface area contributed by atoms with Crippen molar-refractivity contribution < 1.29 is 4.39 Å². The first kappa shape index (κ1) is 18.8. The molecule has 0 bridgehead atoms. The van der Waals surface area contributed by atoms with Crippen LogP contribution in [0.2, 0.25) is 0 Å². The van der Waals surface area contributed by atoms with Crippen molar-refractivity contribution in [3.8, 4) is 11.3 Å². The van der Waals surface area contributed by atoms with Crippen LogP contribution >= 0.6 is 15.9 Å². The molecule has 0 N–H and O–H groups in total. The zero-order valence-corrected chi connectivity index (χ0v) is 17.1. The smallest absolute Gasteiger partial charge is 0.255 e. The SMILES string of the molecule is Cn1c(N2CCCC(c3ccc(Br)cc3)C2)nc(-c2ccncc2F)cc1=O. The molecule has 144 valence electrons. The van der Waals surface area contributed by atoms with Crippen LogP contribution in [0.1, 0.15) is 24.3 Å². The topological polar surface area (TPSA) is 51.0 Å². The molecule has 1 fully saturated rings. The Kier molecular flexibility index (Phi) is 5.26. The molecule has 1 unspecified atom stereocenters. The summed E-state index contributed by atoms with van der Waals surface area (Å²) < 4.78 is 16.8. The van der Waals surface area contributed by atoms with Gasteiger partial charge in [0.1, 0.15) is 0 Å². The van der Waals surface area contributed by atoms with Crippen LogP contribution in [0.25, 0.3) is 11.3 Å². The lowest BCUT2D eigenvalue weighted by Gasteiger charge is -2.34. The van der Waals surface area contributed by atoms with Crippen molar-refractivity contribution >= 4 is 21.9 Å². The number of hydrogen-bond acceptors (Lipinski definition) is 4. The molecule has 7 heteroatoms. The number of nitrogens with zero attached hydrogens (tertiary/aromatic N) is 4. The predicted octanol–water partition coefficient (Wildman–Crippen LogP) is 4.13. The summed E-state index contributed by atoms with van der Waals surface area (Å²) in [5.41, 5.74) is 1.69. The van der Waals surface area contributed by atoms with Crippen molar-refractivity contribution in [1.29, 1.82) is 0 Å². The fraction of sp³-hybridized carbons (Fsp3) is 0.286. The molecule has 1 atom stereocenters. The van der Waals surface area contributed by atoms with E-state index in [1.165, 1.54) is 22.4 Å². The van der Waals surface area contributed by atoms with Crippen LogP contribution in [0.15, 0.2) is 58.1 Å². The molecule has 0 aliphatic carbocycles. The number of pyridine rings is 1. The number of halogens is 2. The maximum absolute atomic E-state index is 14.2. The van der Waals surface area contributed by atoms with Gasteiger partial charge in [-0.1, -0.05) is 28.1 Å². The molecule has 1 saturated heterocycles. The summed E-state index contributed by atoms with van der Waals surface area (Å²) in [6.07, 6.45) is 4.73. The summed E-state index contributed by atoms with van der Waals surface area (Å²) in [4.78, 5) is 23.1. The Balaban J connectivity index is 1.69. The molecule has 1 aliphatic heterocycles. The van der Waals surface area contributed by atoms with Crippen LogP contribution in [0.5, 0.6) is 0 Å². The molecule has 0 amide bonds. The normalized spacial score (nSPS) is 17.0. The highest BCUT2D eigenvalue weighted by Crippen LogP contribution is 2.30. The van der Waals surface area contributed by atoms with E-state index in [0.29, 0.717) is 17.6 Å². The molecule has 2 aromatic heterocycles. The van der Waals surface area contributed by atoms with Gasteiger partial charge >= 0.3 is 0 Å². The monoisotopic (exact) mass is 442 g/mol. The van der Waals surface area contributed by atoms with Crippen LogP contribution in [0.3, 0.4) is 0 Å². The van der Waals surface area contributed by atoms with E-state index in [0.717, 1.165) is 36.6 Å². The number of piperidine rings is 1. The molecule has 0 spiro atoms. The zero-order valence-electron chi connectivity index (χ0n) is 15.5. The van der Waals surface area contributed by atoms with Crippen molar-refractivity contribution in [2.75, 3.05) is 18.0 Å². The lowest BCUT2D eigenvalue weighted by atomic mass is 9.91. The van der Waals surface area contributed by atoms with Crippen LogP contribution in [0.4, 0.5) is 10.3 Å². The van der Waals surface area contributed by atoms with Crippen molar-refractivity contribution in [3.63, 3.8) is 0 Å². The van der Waals surface area contributed by atoms with Gasteiger partial charge in [-0.25, -0.2) is 9.37 Å². The molecular weight excluding hydrogens is 423 g/mol. The third-order valence-corrected chi connectivity index (χ3v) is 5.73. The summed E-state index contributed by atoms with van der Waals surface area (Å²) in [5, 5.41) is 0. The van der Waals surface area contributed by atoms with Gasteiger partial charge in [0.2, 0.25) is 5.95 Å². The van der Waals surface area contributed by atoms with Crippen LogP contribution in [-0.4, -0.2) is 27.6 Å². The molecule has 28 heavy (non-hydrogen) atoms. The summed E-state index contributed by atoms with van der Waals surface area (Å²) in [7, 11) is 1.71. The fourth-order valence-corrected chi connectivity index (χ4v) is 3.96. The van der Waals surface area contributed by atoms with E-state index in [1.807, 2.05) is 0 Å². The van der Waals surface area contributed by atoms with Crippen LogP contribution in [-0.2, 0) is 7.05 Å². The fourth-order valence-electron chi connectivity index (χ4n) is 3.70. The van der Waals surface area contributed by atoms with Crippen LogP contribution < -0.4 is 10.5 Å². The van der Waals surface area contributed by atoms with Crippen molar-refractivity contribution in [1.82, 2.24) is 14.5 Å². The second-order valence-corrected chi connectivity index (χ2v) is 7.95. The first-order valence-corrected chi connectivity index (χ1v) is 10.0. The van der Waals surface area contributed by atoms with E-state index in [9.17, 15) is 9.18 Å². The molecule has 0 radical (unpaired) electrons. The average molecular weight is 443 g/mol. The van der Waals surface area contributed by atoms with Gasteiger partial charge in [-0.3, -0.25) is 14.3 Å². The predicted molar refractivity (Wildman–Crippen MR) is 111 cm³/mol. The Morgan fingerprint density at radius 2 is 2.00 bits per heavy atom. The Bertz CT molecular complexity index is 1050. The number of rotatable bonds is 3. The zero-order chi connectivity index (χ0) is 19.7. The summed E-state index contributed by atoms with van der Waals surface area (Å²) in [5.74, 6) is 0.446. The second-order valence-electron chi connectivity index (χ2n) is 7.03. The highest BCUT2D eigenvalue weighted by molar-refractivity contribution is 9.10. The van der Waals surface area contributed by atoms with Gasteiger partial charge in [0.05, 0.1) is 11.9 Å². The van der Waals surface area contributed by atoms with Crippen LogP contribution in [0, 0.1) is 5.82 Å². The van der Waals surface area contributed by atoms with E-state index in [2.05, 4.69) is 55.1 Å². The van der Waals surface area contributed by atoms with Gasteiger partial charge in [0, 0.05) is 48.4 Å². The molecule has 1 aromatic carbocycles.